The van der Waals surface area contributed by atoms with Crippen molar-refractivity contribution in [2.24, 2.45) is 0 Å². The number of rotatable bonds is 5. The van der Waals surface area contributed by atoms with Gasteiger partial charge < -0.3 is 15.5 Å². The predicted octanol–water partition coefficient (Wildman–Crippen LogP) is 4.76. The van der Waals surface area contributed by atoms with E-state index >= 15 is 0 Å². The SMILES string of the molecule is CN(C)c1ccc(NC(=O)c2csc(NC(=O)Nc3cccc(Cl)c3)n2)cc1. The first-order chi connectivity index (χ1) is 13.4. The summed E-state index contributed by atoms with van der Waals surface area (Å²) in [5, 5.41) is 10.4. The Kier molecular flexibility index (Phi) is 6.13. The molecule has 0 saturated heterocycles. The highest BCUT2D eigenvalue weighted by Crippen LogP contribution is 2.20. The molecule has 0 aliphatic rings. The third-order valence-corrected chi connectivity index (χ3v) is 4.67. The largest absolute Gasteiger partial charge is 0.378 e. The van der Waals surface area contributed by atoms with Crippen LogP contribution in [0, 0.1) is 0 Å². The van der Waals surface area contributed by atoms with Gasteiger partial charge in [-0.2, -0.15) is 0 Å². The van der Waals surface area contributed by atoms with E-state index in [2.05, 4.69) is 20.9 Å². The number of carbonyl (C=O) groups is 2. The second-order valence-electron chi connectivity index (χ2n) is 6.02. The molecule has 1 heterocycles. The molecule has 0 spiro atoms. The third-order valence-electron chi connectivity index (χ3n) is 3.68. The maximum absolute atomic E-state index is 12.3. The molecule has 0 fully saturated rings. The number of nitrogens with zero attached hydrogens (tertiary/aromatic N) is 2. The maximum Gasteiger partial charge on any atom is 0.325 e. The number of urea groups is 1. The highest BCUT2D eigenvalue weighted by atomic mass is 35.5. The van der Waals surface area contributed by atoms with Crippen LogP contribution < -0.4 is 20.9 Å². The lowest BCUT2D eigenvalue weighted by Crippen LogP contribution is -2.19. The van der Waals surface area contributed by atoms with Crippen molar-refractivity contribution in [2.75, 3.05) is 34.9 Å². The van der Waals surface area contributed by atoms with Crippen molar-refractivity contribution < 1.29 is 9.59 Å². The molecule has 3 aromatic rings. The monoisotopic (exact) mass is 415 g/mol. The van der Waals surface area contributed by atoms with Gasteiger partial charge in [0.15, 0.2) is 5.13 Å². The van der Waals surface area contributed by atoms with Gasteiger partial charge in [0.1, 0.15) is 5.69 Å². The van der Waals surface area contributed by atoms with Gasteiger partial charge in [0.05, 0.1) is 0 Å². The normalized spacial score (nSPS) is 10.2. The van der Waals surface area contributed by atoms with E-state index in [9.17, 15) is 9.59 Å². The van der Waals surface area contributed by atoms with Gasteiger partial charge in [-0.1, -0.05) is 17.7 Å². The average Bonchev–Trinajstić information content (AvgIpc) is 3.10. The smallest absolute Gasteiger partial charge is 0.325 e. The molecule has 0 atom stereocenters. The molecule has 3 N–H and O–H groups in total. The van der Waals surface area contributed by atoms with E-state index in [1.807, 2.05) is 43.3 Å². The van der Waals surface area contributed by atoms with Crippen molar-refractivity contribution in [1.82, 2.24) is 4.98 Å². The van der Waals surface area contributed by atoms with Gasteiger partial charge in [-0.3, -0.25) is 10.1 Å². The van der Waals surface area contributed by atoms with E-state index in [1.54, 1.807) is 29.6 Å². The minimum absolute atomic E-state index is 0.222. The molecule has 0 aliphatic heterocycles. The third kappa shape index (κ3) is 5.21. The summed E-state index contributed by atoms with van der Waals surface area (Å²) in [6.45, 7) is 0. The van der Waals surface area contributed by atoms with Crippen LogP contribution in [0.15, 0.2) is 53.9 Å². The summed E-state index contributed by atoms with van der Waals surface area (Å²) in [4.78, 5) is 30.5. The number of carbonyl (C=O) groups excluding carboxylic acids is 2. The molecule has 1 aromatic heterocycles. The number of aromatic nitrogens is 1. The Hall–Kier alpha value is -3.10. The number of nitrogens with one attached hydrogen (secondary N) is 3. The zero-order chi connectivity index (χ0) is 20.1. The molecule has 7 nitrogen and oxygen atoms in total. The molecule has 9 heteroatoms. The molecule has 2 aromatic carbocycles. The number of benzene rings is 2. The highest BCUT2D eigenvalue weighted by molar-refractivity contribution is 7.14. The summed E-state index contributed by atoms with van der Waals surface area (Å²) >= 11 is 7.05. The van der Waals surface area contributed by atoms with Crippen LogP contribution >= 0.6 is 22.9 Å². The summed E-state index contributed by atoms with van der Waals surface area (Å²) in [6, 6.07) is 13.8. The van der Waals surface area contributed by atoms with Crippen LogP contribution in [0.5, 0.6) is 0 Å². The first-order valence-corrected chi connectivity index (χ1v) is 9.54. The second kappa shape index (κ2) is 8.73. The van der Waals surface area contributed by atoms with Crippen molar-refractivity contribution >= 4 is 57.1 Å². The highest BCUT2D eigenvalue weighted by Gasteiger charge is 2.13. The number of hydrogen-bond acceptors (Lipinski definition) is 5. The molecule has 28 heavy (non-hydrogen) atoms. The van der Waals surface area contributed by atoms with E-state index in [-0.39, 0.29) is 11.6 Å². The summed E-state index contributed by atoms with van der Waals surface area (Å²) < 4.78 is 0. The number of hydrogen-bond donors (Lipinski definition) is 3. The summed E-state index contributed by atoms with van der Waals surface area (Å²) in [7, 11) is 3.89. The molecular weight excluding hydrogens is 398 g/mol. The van der Waals surface area contributed by atoms with E-state index in [0.717, 1.165) is 17.0 Å². The van der Waals surface area contributed by atoms with Crippen LogP contribution in [-0.2, 0) is 0 Å². The zero-order valence-electron chi connectivity index (χ0n) is 15.2. The van der Waals surface area contributed by atoms with Crippen LogP contribution in [0.3, 0.4) is 0 Å². The van der Waals surface area contributed by atoms with Crippen molar-refractivity contribution in [3.8, 4) is 0 Å². The van der Waals surface area contributed by atoms with Gasteiger partial charge in [-0.05, 0) is 42.5 Å². The van der Waals surface area contributed by atoms with Crippen LogP contribution in [-0.4, -0.2) is 31.0 Å². The lowest BCUT2D eigenvalue weighted by molar-refractivity contribution is 0.102. The van der Waals surface area contributed by atoms with Gasteiger partial charge in [-0.15, -0.1) is 11.3 Å². The fourth-order valence-electron chi connectivity index (χ4n) is 2.30. The molecular formula is C19H18ClN5O2S. The minimum atomic E-state index is -0.470. The van der Waals surface area contributed by atoms with Crippen molar-refractivity contribution in [3.05, 3.63) is 64.6 Å². The second-order valence-corrected chi connectivity index (χ2v) is 7.32. The lowest BCUT2D eigenvalue weighted by atomic mass is 10.2. The fraction of sp³-hybridized carbons (Fsp3) is 0.105. The Morgan fingerprint density at radius 3 is 2.43 bits per heavy atom. The minimum Gasteiger partial charge on any atom is -0.378 e. The van der Waals surface area contributed by atoms with Crippen molar-refractivity contribution in [3.63, 3.8) is 0 Å². The molecule has 0 saturated carbocycles. The summed E-state index contributed by atoms with van der Waals surface area (Å²) in [5.74, 6) is -0.350. The van der Waals surface area contributed by atoms with Gasteiger partial charge in [-0.25, -0.2) is 9.78 Å². The van der Waals surface area contributed by atoms with Crippen LogP contribution in [0.25, 0.3) is 0 Å². The summed E-state index contributed by atoms with van der Waals surface area (Å²) in [6.07, 6.45) is 0. The lowest BCUT2D eigenvalue weighted by Gasteiger charge is -2.12. The first kappa shape index (κ1) is 19.7. The molecule has 0 aliphatic carbocycles. The Bertz CT molecular complexity index is 988. The number of amides is 3. The zero-order valence-corrected chi connectivity index (χ0v) is 16.8. The topological polar surface area (TPSA) is 86.4 Å². The van der Waals surface area contributed by atoms with Crippen LogP contribution in [0.1, 0.15) is 10.5 Å². The number of halogens is 1. The Morgan fingerprint density at radius 2 is 1.75 bits per heavy atom. The molecule has 0 radical (unpaired) electrons. The van der Waals surface area contributed by atoms with Crippen molar-refractivity contribution in [1.29, 1.82) is 0 Å². The molecule has 0 unspecified atom stereocenters. The van der Waals surface area contributed by atoms with E-state index in [0.29, 0.717) is 21.5 Å². The van der Waals surface area contributed by atoms with E-state index in [1.165, 1.54) is 0 Å². The Balaban J connectivity index is 1.58. The Labute approximate surface area is 171 Å². The Morgan fingerprint density at radius 1 is 1.00 bits per heavy atom. The summed E-state index contributed by atoms with van der Waals surface area (Å²) in [5.41, 5.74) is 2.47. The van der Waals surface area contributed by atoms with Gasteiger partial charge in [0.2, 0.25) is 0 Å². The van der Waals surface area contributed by atoms with Crippen LogP contribution in [0.4, 0.5) is 27.0 Å². The molecule has 3 amide bonds. The standard InChI is InChI=1S/C19H18ClN5O2S/c1-25(2)15-8-6-13(7-9-15)21-17(26)16-11-28-19(23-16)24-18(27)22-14-5-3-4-12(20)10-14/h3-11H,1-2H3,(H,21,26)(H2,22,23,24,27). The van der Waals surface area contributed by atoms with E-state index < -0.39 is 6.03 Å². The molecule has 0 bridgehead atoms. The molecule has 144 valence electrons. The van der Waals surface area contributed by atoms with E-state index in [4.69, 9.17) is 11.6 Å². The number of thiazole rings is 1. The van der Waals surface area contributed by atoms with Crippen molar-refractivity contribution in [2.45, 2.75) is 0 Å². The maximum atomic E-state index is 12.3. The van der Waals surface area contributed by atoms with Gasteiger partial charge >= 0.3 is 6.03 Å². The van der Waals surface area contributed by atoms with Gasteiger partial charge in [0.25, 0.3) is 5.91 Å². The predicted molar refractivity (Wildman–Crippen MR) is 115 cm³/mol. The first-order valence-electron chi connectivity index (χ1n) is 8.28. The van der Waals surface area contributed by atoms with Gasteiger partial charge in [0, 0.05) is 41.6 Å². The van der Waals surface area contributed by atoms with Crippen LogP contribution in [0.2, 0.25) is 5.02 Å². The number of anilines is 4. The fourth-order valence-corrected chi connectivity index (χ4v) is 3.18. The quantitative estimate of drug-likeness (QED) is 0.560. The molecule has 3 rings (SSSR count). The average molecular weight is 416 g/mol.